The highest BCUT2D eigenvalue weighted by Gasteiger charge is 2.10. The average Bonchev–Trinajstić information content (AvgIpc) is 2.35. The van der Waals surface area contributed by atoms with Crippen molar-refractivity contribution in [1.29, 1.82) is 0 Å². The van der Waals surface area contributed by atoms with Gasteiger partial charge in [0.15, 0.2) is 0 Å². The number of benzene rings is 1. The average molecular weight is 299 g/mol. The smallest absolute Gasteiger partial charge is 0.315 e. The fourth-order valence-electron chi connectivity index (χ4n) is 2.03. The standard InChI is InChI=1S/C15H23ClN2O2/c1-11(5-4-8-19)17-15(20)18-12(2)9-13-6-3-7-14(16)10-13/h3,6-7,10-12,19H,4-5,8-9H2,1-2H3,(H2,17,18,20)/t11-,12+/m1/s1. The molecule has 3 N–H and O–H groups in total. The van der Waals surface area contributed by atoms with Crippen LogP contribution in [0.2, 0.25) is 5.02 Å². The summed E-state index contributed by atoms with van der Waals surface area (Å²) in [5.74, 6) is 0. The van der Waals surface area contributed by atoms with Crippen molar-refractivity contribution >= 4 is 17.6 Å². The largest absolute Gasteiger partial charge is 0.396 e. The van der Waals surface area contributed by atoms with Crippen molar-refractivity contribution in [3.8, 4) is 0 Å². The van der Waals surface area contributed by atoms with Gasteiger partial charge in [-0.25, -0.2) is 4.79 Å². The number of rotatable bonds is 7. The summed E-state index contributed by atoms with van der Waals surface area (Å²) in [5.41, 5.74) is 1.10. The van der Waals surface area contributed by atoms with E-state index in [1.54, 1.807) is 0 Å². The van der Waals surface area contributed by atoms with E-state index >= 15 is 0 Å². The molecule has 0 aliphatic rings. The van der Waals surface area contributed by atoms with Crippen molar-refractivity contribution in [1.82, 2.24) is 10.6 Å². The molecule has 2 atom stereocenters. The van der Waals surface area contributed by atoms with Gasteiger partial charge in [-0.15, -0.1) is 0 Å². The van der Waals surface area contributed by atoms with Crippen LogP contribution in [0.1, 0.15) is 32.3 Å². The Morgan fingerprint density at radius 2 is 2.00 bits per heavy atom. The molecule has 2 amide bonds. The Balaban J connectivity index is 2.34. The Labute approximate surface area is 125 Å². The van der Waals surface area contributed by atoms with E-state index in [1.807, 2.05) is 38.1 Å². The predicted molar refractivity (Wildman–Crippen MR) is 82.1 cm³/mol. The van der Waals surface area contributed by atoms with Crippen molar-refractivity contribution in [2.45, 2.75) is 45.2 Å². The van der Waals surface area contributed by atoms with Gasteiger partial charge < -0.3 is 15.7 Å². The molecule has 4 nitrogen and oxygen atoms in total. The van der Waals surface area contributed by atoms with Crippen LogP contribution in [0.5, 0.6) is 0 Å². The molecule has 1 rings (SSSR count). The zero-order valence-corrected chi connectivity index (χ0v) is 12.8. The van der Waals surface area contributed by atoms with E-state index in [1.165, 1.54) is 0 Å². The van der Waals surface area contributed by atoms with Gasteiger partial charge in [0.2, 0.25) is 0 Å². The molecule has 5 heteroatoms. The number of urea groups is 1. The zero-order valence-electron chi connectivity index (χ0n) is 12.0. The Morgan fingerprint density at radius 3 is 2.65 bits per heavy atom. The lowest BCUT2D eigenvalue weighted by Gasteiger charge is -2.18. The van der Waals surface area contributed by atoms with Gasteiger partial charge in [-0.3, -0.25) is 0 Å². The molecule has 1 aromatic rings. The van der Waals surface area contributed by atoms with Gasteiger partial charge in [0.1, 0.15) is 0 Å². The van der Waals surface area contributed by atoms with Crippen LogP contribution in [-0.2, 0) is 6.42 Å². The normalized spacial score (nSPS) is 13.6. The molecule has 0 aliphatic heterocycles. The molecular formula is C15H23ClN2O2. The van der Waals surface area contributed by atoms with E-state index < -0.39 is 0 Å². The molecule has 20 heavy (non-hydrogen) atoms. The lowest BCUT2D eigenvalue weighted by Crippen LogP contribution is -2.45. The van der Waals surface area contributed by atoms with Crippen molar-refractivity contribution < 1.29 is 9.90 Å². The predicted octanol–water partition coefficient (Wildman–Crippen LogP) is 2.73. The summed E-state index contributed by atoms with van der Waals surface area (Å²) in [5, 5.41) is 15.2. The van der Waals surface area contributed by atoms with Gasteiger partial charge >= 0.3 is 6.03 Å². The van der Waals surface area contributed by atoms with Crippen molar-refractivity contribution in [3.63, 3.8) is 0 Å². The Kier molecular flexibility index (Phi) is 7.41. The quantitative estimate of drug-likeness (QED) is 0.725. The number of hydrogen-bond donors (Lipinski definition) is 3. The fourth-order valence-corrected chi connectivity index (χ4v) is 2.24. The van der Waals surface area contributed by atoms with E-state index in [9.17, 15) is 4.79 Å². The minimum absolute atomic E-state index is 0.0264. The van der Waals surface area contributed by atoms with Crippen molar-refractivity contribution in [2.24, 2.45) is 0 Å². The molecule has 0 spiro atoms. The fraction of sp³-hybridized carbons (Fsp3) is 0.533. The molecule has 0 unspecified atom stereocenters. The molecule has 0 saturated carbocycles. The van der Waals surface area contributed by atoms with Crippen LogP contribution in [0.3, 0.4) is 0 Å². The first kappa shape index (κ1) is 16.8. The van der Waals surface area contributed by atoms with Crippen molar-refractivity contribution in [3.05, 3.63) is 34.9 Å². The summed E-state index contributed by atoms with van der Waals surface area (Å²) in [6.45, 7) is 4.04. The third-order valence-electron chi connectivity index (χ3n) is 2.98. The van der Waals surface area contributed by atoms with Gasteiger partial charge in [-0.2, -0.15) is 0 Å². The van der Waals surface area contributed by atoms with E-state index in [0.717, 1.165) is 18.4 Å². The van der Waals surface area contributed by atoms with Crippen LogP contribution in [0.4, 0.5) is 4.79 Å². The SMILES string of the molecule is C[C@H](CCCO)NC(=O)N[C@@H](C)Cc1cccc(Cl)c1. The number of aliphatic hydroxyl groups is 1. The van der Waals surface area contributed by atoms with E-state index in [2.05, 4.69) is 10.6 Å². The second kappa shape index (κ2) is 8.82. The second-order valence-electron chi connectivity index (χ2n) is 5.12. The third-order valence-corrected chi connectivity index (χ3v) is 3.22. The molecule has 0 aromatic heterocycles. The number of halogens is 1. The molecule has 0 fully saturated rings. The first-order valence-corrected chi connectivity index (χ1v) is 7.31. The number of carbonyl (C=O) groups excluding carboxylic acids is 1. The van der Waals surface area contributed by atoms with Crippen LogP contribution in [-0.4, -0.2) is 29.8 Å². The van der Waals surface area contributed by atoms with Gasteiger partial charge in [0.05, 0.1) is 0 Å². The molecule has 0 saturated heterocycles. The van der Waals surface area contributed by atoms with Gasteiger partial charge in [-0.1, -0.05) is 23.7 Å². The molecule has 0 aliphatic carbocycles. The lowest BCUT2D eigenvalue weighted by atomic mass is 10.1. The molecule has 112 valence electrons. The summed E-state index contributed by atoms with van der Waals surface area (Å²) in [7, 11) is 0. The summed E-state index contributed by atoms with van der Waals surface area (Å²) in [6, 6.07) is 7.54. The summed E-state index contributed by atoms with van der Waals surface area (Å²) < 4.78 is 0. The molecule has 0 heterocycles. The molecule has 0 bridgehead atoms. The van der Waals surface area contributed by atoms with Gasteiger partial charge in [-0.05, 0) is 50.8 Å². The van der Waals surface area contributed by atoms with Crippen LogP contribution in [0.15, 0.2) is 24.3 Å². The zero-order chi connectivity index (χ0) is 15.0. The highest BCUT2D eigenvalue weighted by molar-refractivity contribution is 6.30. The van der Waals surface area contributed by atoms with Crippen LogP contribution in [0.25, 0.3) is 0 Å². The first-order valence-electron chi connectivity index (χ1n) is 6.93. The Bertz CT molecular complexity index is 426. The van der Waals surface area contributed by atoms with Gasteiger partial charge in [0.25, 0.3) is 0 Å². The summed E-state index contributed by atoms with van der Waals surface area (Å²) >= 11 is 5.93. The third kappa shape index (κ3) is 6.78. The van der Waals surface area contributed by atoms with Crippen molar-refractivity contribution in [2.75, 3.05) is 6.61 Å². The Morgan fingerprint density at radius 1 is 1.30 bits per heavy atom. The molecular weight excluding hydrogens is 276 g/mol. The van der Waals surface area contributed by atoms with Crippen LogP contribution < -0.4 is 10.6 Å². The van der Waals surface area contributed by atoms with Crippen LogP contribution >= 0.6 is 11.6 Å². The number of carbonyl (C=O) groups is 1. The number of hydrogen-bond acceptors (Lipinski definition) is 2. The molecule has 1 aromatic carbocycles. The maximum atomic E-state index is 11.8. The topological polar surface area (TPSA) is 61.4 Å². The van der Waals surface area contributed by atoms with Crippen LogP contribution in [0, 0.1) is 0 Å². The first-order chi connectivity index (χ1) is 9.51. The minimum Gasteiger partial charge on any atom is -0.396 e. The van der Waals surface area contributed by atoms with E-state index in [0.29, 0.717) is 11.4 Å². The maximum Gasteiger partial charge on any atom is 0.315 e. The maximum absolute atomic E-state index is 11.8. The summed E-state index contributed by atoms with van der Waals surface area (Å²) in [4.78, 5) is 11.8. The monoisotopic (exact) mass is 298 g/mol. The number of aliphatic hydroxyl groups excluding tert-OH is 1. The Hall–Kier alpha value is -1.26. The highest BCUT2D eigenvalue weighted by atomic mass is 35.5. The summed E-state index contributed by atoms with van der Waals surface area (Å²) in [6.07, 6.45) is 2.20. The van der Waals surface area contributed by atoms with E-state index in [-0.39, 0.29) is 24.7 Å². The lowest BCUT2D eigenvalue weighted by molar-refractivity contribution is 0.231. The number of amides is 2. The highest BCUT2D eigenvalue weighted by Crippen LogP contribution is 2.12. The molecule has 0 radical (unpaired) electrons. The second-order valence-corrected chi connectivity index (χ2v) is 5.56. The number of nitrogens with one attached hydrogen (secondary N) is 2. The van der Waals surface area contributed by atoms with E-state index in [4.69, 9.17) is 16.7 Å². The van der Waals surface area contributed by atoms with Gasteiger partial charge in [0, 0.05) is 23.7 Å². The minimum atomic E-state index is -0.176.